The SMILES string of the molecule is CC(C)Oc1cccc2c1CCC(N)(C(=O)O)C2. The number of carboxylic acid groups (broad SMARTS) is 1. The van der Waals surface area contributed by atoms with E-state index in [0.29, 0.717) is 19.3 Å². The van der Waals surface area contributed by atoms with Crippen LogP contribution in [0.1, 0.15) is 31.4 Å². The highest BCUT2D eigenvalue weighted by atomic mass is 16.5. The van der Waals surface area contributed by atoms with E-state index in [1.807, 2.05) is 32.0 Å². The van der Waals surface area contributed by atoms with Crippen LogP contribution in [0.2, 0.25) is 0 Å². The van der Waals surface area contributed by atoms with E-state index < -0.39 is 11.5 Å². The van der Waals surface area contributed by atoms with E-state index in [2.05, 4.69) is 0 Å². The van der Waals surface area contributed by atoms with Gasteiger partial charge in [-0.1, -0.05) is 12.1 Å². The summed E-state index contributed by atoms with van der Waals surface area (Å²) in [6.07, 6.45) is 1.59. The van der Waals surface area contributed by atoms with E-state index in [-0.39, 0.29) is 6.10 Å². The van der Waals surface area contributed by atoms with Crippen molar-refractivity contribution in [3.8, 4) is 5.75 Å². The van der Waals surface area contributed by atoms with Crippen molar-refractivity contribution in [1.29, 1.82) is 0 Å². The Morgan fingerprint density at radius 2 is 2.22 bits per heavy atom. The summed E-state index contributed by atoms with van der Waals surface area (Å²) in [6.45, 7) is 3.96. The molecule has 0 heterocycles. The van der Waals surface area contributed by atoms with Gasteiger partial charge in [-0.05, 0) is 43.9 Å². The van der Waals surface area contributed by atoms with E-state index in [1.54, 1.807) is 0 Å². The molecule has 1 unspecified atom stereocenters. The molecule has 1 aliphatic rings. The van der Waals surface area contributed by atoms with Crippen molar-refractivity contribution >= 4 is 5.97 Å². The summed E-state index contributed by atoms with van der Waals surface area (Å²) < 4.78 is 5.75. The highest BCUT2D eigenvalue weighted by molar-refractivity contribution is 5.79. The second-order valence-electron chi connectivity index (χ2n) is 5.20. The minimum absolute atomic E-state index is 0.112. The molecular weight excluding hydrogens is 230 g/mol. The van der Waals surface area contributed by atoms with Crippen molar-refractivity contribution in [2.24, 2.45) is 5.73 Å². The van der Waals surface area contributed by atoms with Crippen LogP contribution in [-0.4, -0.2) is 22.7 Å². The fourth-order valence-electron chi connectivity index (χ4n) is 2.38. The second kappa shape index (κ2) is 4.61. The Bertz CT molecular complexity index is 470. The van der Waals surface area contributed by atoms with Gasteiger partial charge in [-0.2, -0.15) is 0 Å². The van der Waals surface area contributed by atoms with Crippen LogP contribution >= 0.6 is 0 Å². The Morgan fingerprint density at radius 1 is 1.50 bits per heavy atom. The third kappa shape index (κ3) is 2.34. The van der Waals surface area contributed by atoms with Crippen molar-refractivity contribution in [2.75, 3.05) is 0 Å². The van der Waals surface area contributed by atoms with E-state index in [4.69, 9.17) is 10.5 Å². The molecule has 4 nitrogen and oxygen atoms in total. The lowest BCUT2D eigenvalue weighted by Gasteiger charge is -2.31. The largest absolute Gasteiger partial charge is 0.491 e. The molecule has 98 valence electrons. The number of nitrogens with two attached hydrogens (primary N) is 1. The Labute approximate surface area is 107 Å². The van der Waals surface area contributed by atoms with Gasteiger partial charge in [0.25, 0.3) is 0 Å². The van der Waals surface area contributed by atoms with Crippen LogP contribution in [0.4, 0.5) is 0 Å². The maximum atomic E-state index is 11.2. The minimum Gasteiger partial charge on any atom is -0.491 e. The van der Waals surface area contributed by atoms with Crippen LogP contribution in [0.25, 0.3) is 0 Å². The number of carboxylic acids is 1. The monoisotopic (exact) mass is 249 g/mol. The van der Waals surface area contributed by atoms with Gasteiger partial charge >= 0.3 is 5.97 Å². The number of aliphatic carboxylic acids is 1. The highest BCUT2D eigenvalue weighted by Crippen LogP contribution is 2.33. The number of carbonyl (C=O) groups is 1. The van der Waals surface area contributed by atoms with Gasteiger partial charge in [-0.25, -0.2) is 0 Å². The van der Waals surface area contributed by atoms with Crippen LogP contribution in [0.3, 0.4) is 0 Å². The van der Waals surface area contributed by atoms with Crippen molar-refractivity contribution in [3.63, 3.8) is 0 Å². The highest BCUT2D eigenvalue weighted by Gasteiger charge is 2.38. The normalized spacial score (nSPS) is 22.7. The molecule has 18 heavy (non-hydrogen) atoms. The Morgan fingerprint density at radius 3 is 2.83 bits per heavy atom. The van der Waals surface area contributed by atoms with Gasteiger partial charge in [0.2, 0.25) is 0 Å². The average Bonchev–Trinajstić information content (AvgIpc) is 2.28. The predicted octanol–water partition coefficient (Wildman–Crippen LogP) is 1.74. The maximum Gasteiger partial charge on any atom is 0.324 e. The third-order valence-electron chi connectivity index (χ3n) is 3.35. The summed E-state index contributed by atoms with van der Waals surface area (Å²) in [5.41, 5.74) is 6.89. The predicted molar refractivity (Wildman–Crippen MR) is 68.8 cm³/mol. The molecule has 0 saturated heterocycles. The molecule has 1 atom stereocenters. The Hall–Kier alpha value is -1.55. The van der Waals surface area contributed by atoms with Crippen molar-refractivity contribution < 1.29 is 14.6 Å². The van der Waals surface area contributed by atoms with Gasteiger partial charge in [0.1, 0.15) is 11.3 Å². The number of fused-ring (bicyclic) bond motifs is 1. The molecule has 1 aromatic carbocycles. The molecule has 1 aliphatic carbocycles. The van der Waals surface area contributed by atoms with Crippen molar-refractivity contribution in [3.05, 3.63) is 29.3 Å². The van der Waals surface area contributed by atoms with Gasteiger partial charge < -0.3 is 15.6 Å². The molecule has 0 fully saturated rings. The van der Waals surface area contributed by atoms with Gasteiger partial charge in [0.05, 0.1) is 6.10 Å². The molecule has 0 aliphatic heterocycles. The van der Waals surface area contributed by atoms with Gasteiger partial charge in [0, 0.05) is 6.42 Å². The van der Waals surface area contributed by atoms with Crippen LogP contribution in [-0.2, 0) is 17.6 Å². The fraction of sp³-hybridized carbons (Fsp3) is 0.500. The first-order valence-electron chi connectivity index (χ1n) is 6.22. The quantitative estimate of drug-likeness (QED) is 0.856. The maximum absolute atomic E-state index is 11.2. The Kier molecular flexibility index (Phi) is 3.30. The van der Waals surface area contributed by atoms with Gasteiger partial charge in [0.15, 0.2) is 0 Å². The van der Waals surface area contributed by atoms with Crippen LogP contribution in [0, 0.1) is 0 Å². The first kappa shape index (κ1) is 12.9. The lowest BCUT2D eigenvalue weighted by Crippen LogP contribution is -2.52. The van der Waals surface area contributed by atoms with E-state index in [0.717, 1.165) is 16.9 Å². The zero-order valence-corrected chi connectivity index (χ0v) is 10.8. The van der Waals surface area contributed by atoms with Crippen molar-refractivity contribution in [1.82, 2.24) is 0 Å². The molecule has 0 bridgehead atoms. The smallest absolute Gasteiger partial charge is 0.324 e. The molecule has 0 saturated carbocycles. The van der Waals surface area contributed by atoms with Crippen molar-refractivity contribution in [2.45, 2.75) is 44.8 Å². The molecular formula is C14H19NO3. The Balaban J connectivity index is 2.32. The fourth-order valence-corrected chi connectivity index (χ4v) is 2.38. The molecule has 0 amide bonds. The van der Waals surface area contributed by atoms with Gasteiger partial charge in [-0.15, -0.1) is 0 Å². The lowest BCUT2D eigenvalue weighted by atomic mass is 9.78. The summed E-state index contributed by atoms with van der Waals surface area (Å²) in [4.78, 5) is 11.2. The van der Waals surface area contributed by atoms with Crippen LogP contribution in [0.5, 0.6) is 5.75 Å². The number of hydrogen-bond acceptors (Lipinski definition) is 3. The molecule has 0 aromatic heterocycles. The zero-order chi connectivity index (χ0) is 13.3. The summed E-state index contributed by atoms with van der Waals surface area (Å²) >= 11 is 0. The van der Waals surface area contributed by atoms with Crippen LogP contribution in [0.15, 0.2) is 18.2 Å². The number of benzene rings is 1. The first-order valence-corrected chi connectivity index (χ1v) is 6.22. The lowest BCUT2D eigenvalue weighted by molar-refractivity contribution is -0.143. The summed E-state index contributed by atoms with van der Waals surface area (Å²) in [5, 5.41) is 9.18. The summed E-state index contributed by atoms with van der Waals surface area (Å²) in [5.74, 6) is -0.0710. The first-order chi connectivity index (χ1) is 8.42. The topological polar surface area (TPSA) is 72.5 Å². The molecule has 0 radical (unpaired) electrons. The number of hydrogen-bond donors (Lipinski definition) is 2. The molecule has 0 spiro atoms. The molecule has 4 heteroatoms. The second-order valence-corrected chi connectivity index (χ2v) is 5.20. The van der Waals surface area contributed by atoms with E-state index >= 15 is 0 Å². The van der Waals surface area contributed by atoms with E-state index in [1.165, 1.54) is 0 Å². The minimum atomic E-state index is -1.14. The molecule has 3 N–H and O–H groups in total. The number of ether oxygens (including phenoxy) is 1. The standard InChI is InChI=1S/C14H19NO3/c1-9(2)18-12-5-3-4-10-8-14(15,13(16)17)7-6-11(10)12/h3-5,9H,6-8,15H2,1-2H3,(H,16,17). The number of rotatable bonds is 3. The van der Waals surface area contributed by atoms with Crippen LogP contribution < -0.4 is 10.5 Å². The zero-order valence-electron chi connectivity index (χ0n) is 10.8. The van der Waals surface area contributed by atoms with E-state index in [9.17, 15) is 9.90 Å². The molecule has 1 aromatic rings. The third-order valence-corrected chi connectivity index (χ3v) is 3.35. The molecule has 2 rings (SSSR count). The summed E-state index contributed by atoms with van der Waals surface area (Å²) in [7, 11) is 0. The van der Waals surface area contributed by atoms with Gasteiger partial charge in [-0.3, -0.25) is 4.79 Å². The summed E-state index contributed by atoms with van der Waals surface area (Å²) in [6, 6.07) is 5.76. The average molecular weight is 249 g/mol.